The van der Waals surface area contributed by atoms with Crippen molar-refractivity contribution in [2.75, 3.05) is 35.3 Å². The van der Waals surface area contributed by atoms with Crippen LogP contribution >= 0.6 is 0 Å². The molecule has 2 bridgehead atoms. The molecule has 0 radical (unpaired) electrons. The van der Waals surface area contributed by atoms with Crippen LogP contribution in [0.5, 0.6) is 0 Å². The number of urea groups is 1. The number of rotatable bonds is 2. The molecule has 0 aromatic carbocycles. The van der Waals surface area contributed by atoms with E-state index in [4.69, 9.17) is 4.74 Å². The number of anilines is 3. The summed E-state index contributed by atoms with van der Waals surface area (Å²) in [5.74, 6) is 0.446. The molecule has 8 heteroatoms. The number of carbonyl (C=O) groups excluding carboxylic acids is 2. The smallest absolute Gasteiger partial charge is 0.356 e. The summed E-state index contributed by atoms with van der Waals surface area (Å²) in [4.78, 5) is 37.4. The number of amides is 2. The van der Waals surface area contributed by atoms with E-state index in [9.17, 15) is 9.59 Å². The number of fused-ring (bicyclic) bond motifs is 4. The highest BCUT2D eigenvalue weighted by Gasteiger charge is 2.41. The van der Waals surface area contributed by atoms with Crippen molar-refractivity contribution in [1.29, 1.82) is 0 Å². The highest BCUT2D eigenvalue weighted by Crippen LogP contribution is 2.41. The van der Waals surface area contributed by atoms with E-state index < -0.39 is 5.97 Å². The van der Waals surface area contributed by atoms with E-state index >= 15 is 0 Å². The number of methoxy groups -OCH3 is 1. The Bertz CT molecular complexity index is 871. The standard InChI is InChI=1S/C18H19N5O3/c1-11-9-13(17(24)26-2)20-16-15(11)22-8-6-12(10-22)23(16)18(25)21-14-5-3-4-7-19-14/h3-5,7,9,12H,6,8,10H2,1-2H3,(H,19,21,25)/t12-/m0/s1. The minimum Gasteiger partial charge on any atom is -0.464 e. The van der Waals surface area contributed by atoms with Gasteiger partial charge in [-0.1, -0.05) is 6.07 Å². The summed E-state index contributed by atoms with van der Waals surface area (Å²) >= 11 is 0. The highest BCUT2D eigenvalue weighted by atomic mass is 16.5. The molecule has 2 amide bonds. The summed E-state index contributed by atoms with van der Waals surface area (Å²) in [6.07, 6.45) is 2.47. The largest absolute Gasteiger partial charge is 0.464 e. The summed E-state index contributed by atoms with van der Waals surface area (Å²) in [7, 11) is 1.32. The Labute approximate surface area is 150 Å². The summed E-state index contributed by atoms with van der Waals surface area (Å²) < 4.78 is 4.80. The minimum atomic E-state index is -0.520. The maximum absolute atomic E-state index is 13.0. The van der Waals surface area contributed by atoms with Gasteiger partial charge in [0.05, 0.1) is 18.8 Å². The van der Waals surface area contributed by atoms with Crippen molar-refractivity contribution in [1.82, 2.24) is 9.97 Å². The lowest BCUT2D eigenvalue weighted by molar-refractivity contribution is 0.0594. The van der Waals surface area contributed by atoms with Gasteiger partial charge in [-0.2, -0.15) is 0 Å². The fourth-order valence-corrected chi connectivity index (χ4v) is 3.61. The van der Waals surface area contributed by atoms with Crippen LogP contribution in [-0.2, 0) is 4.74 Å². The lowest BCUT2D eigenvalue weighted by Gasteiger charge is -2.36. The first-order valence-electron chi connectivity index (χ1n) is 8.44. The number of aryl methyl sites for hydroxylation is 1. The quantitative estimate of drug-likeness (QED) is 0.833. The molecule has 1 saturated heterocycles. The maximum Gasteiger partial charge on any atom is 0.356 e. The number of hydrogen-bond donors (Lipinski definition) is 1. The van der Waals surface area contributed by atoms with E-state index in [0.717, 1.165) is 30.8 Å². The number of hydrogen-bond acceptors (Lipinski definition) is 6. The average Bonchev–Trinajstić information content (AvgIpc) is 3.05. The molecule has 0 unspecified atom stereocenters. The zero-order valence-electron chi connectivity index (χ0n) is 14.6. The molecule has 4 heterocycles. The number of nitrogens with zero attached hydrogens (tertiary/aromatic N) is 4. The Hall–Kier alpha value is -3.16. The lowest BCUT2D eigenvalue weighted by Crippen LogP contribution is -2.48. The van der Waals surface area contributed by atoms with Gasteiger partial charge < -0.3 is 9.64 Å². The van der Waals surface area contributed by atoms with Gasteiger partial charge in [0, 0.05) is 19.3 Å². The van der Waals surface area contributed by atoms with Crippen LogP contribution in [0.2, 0.25) is 0 Å². The molecular formula is C18H19N5O3. The van der Waals surface area contributed by atoms with Crippen LogP contribution in [0.4, 0.5) is 22.1 Å². The molecule has 0 saturated carbocycles. The maximum atomic E-state index is 13.0. The summed E-state index contributed by atoms with van der Waals surface area (Å²) in [5.41, 5.74) is 1.98. The van der Waals surface area contributed by atoms with E-state index in [1.54, 1.807) is 29.3 Å². The Kier molecular flexibility index (Phi) is 3.95. The van der Waals surface area contributed by atoms with Crippen LogP contribution < -0.4 is 15.1 Å². The first-order valence-corrected chi connectivity index (χ1v) is 8.44. The summed E-state index contributed by atoms with van der Waals surface area (Å²) in [5, 5.41) is 2.82. The van der Waals surface area contributed by atoms with Crippen molar-refractivity contribution in [2.24, 2.45) is 0 Å². The first kappa shape index (κ1) is 16.3. The van der Waals surface area contributed by atoms with Gasteiger partial charge in [-0.05, 0) is 37.1 Å². The monoisotopic (exact) mass is 353 g/mol. The molecule has 1 atom stereocenters. The molecule has 2 aromatic heterocycles. The molecule has 2 aliphatic heterocycles. The van der Waals surface area contributed by atoms with E-state index in [-0.39, 0.29) is 17.8 Å². The normalized spacial score (nSPS) is 17.7. The van der Waals surface area contributed by atoms with Crippen LogP contribution in [0.1, 0.15) is 22.5 Å². The Morgan fingerprint density at radius 3 is 2.92 bits per heavy atom. The molecule has 0 spiro atoms. The second-order valence-corrected chi connectivity index (χ2v) is 6.39. The van der Waals surface area contributed by atoms with E-state index in [0.29, 0.717) is 11.6 Å². The Balaban J connectivity index is 1.76. The molecular weight excluding hydrogens is 334 g/mol. The predicted octanol–water partition coefficient (Wildman–Crippen LogP) is 2.20. The predicted molar refractivity (Wildman–Crippen MR) is 96.7 cm³/mol. The molecule has 2 aromatic rings. The van der Waals surface area contributed by atoms with Crippen molar-refractivity contribution >= 4 is 29.3 Å². The lowest BCUT2D eigenvalue weighted by atomic mass is 10.1. The van der Waals surface area contributed by atoms with Gasteiger partial charge in [0.1, 0.15) is 5.82 Å². The van der Waals surface area contributed by atoms with E-state index in [1.165, 1.54) is 7.11 Å². The molecule has 26 heavy (non-hydrogen) atoms. The van der Waals surface area contributed by atoms with Crippen LogP contribution in [0.15, 0.2) is 30.5 Å². The number of esters is 1. The Morgan fingerprint density at radius 1 is 1.35 bits per heavy atom. The van der Waals surface area contributed by atoms with Crippen molar-refractivity contribution in [3.8, 4) is 0 Å². The van der Waals surface area contributed by atoms with Crippen LogP contribution in [0.25, 0.3) is 0 Å². The van der Waals surface area contributed by atoms with Crippen molar-refractivity contribution < 1.29 is 14.3 Å². The number of ether oxygens (including phenoxy) is 1. The van der Waals surface area contributed by atoms with Gasteiger partial charge in [-0.3, -0.25) is 10.2 Å². The average molecular weight is 353 g/mol. The third-order valence-electron chi connectivity index (χ3n) is 4.75. The summed E-state index contributed by atoms with van der Waals surface area (Å²) in [6, 6.07) is 6.73. The third kappa shape index (κ3) is 2.63. The van der Waals surface area contributed by atoms with Gasteiger partial charge in [-0.15, -0.1) is 0 Å². The number of nitrogens with one attached hydrogen (secondary N) is 1. The molecule has 1 N–H and O–H groups in total. The van der Waals surface area contributed by atoms with Crippen molar-refractivity contribution in [3.05, 3.63) is 41.7 Å². The molecule has 8 nitrogen and oxygen atoms in total. The zero-order chi connectivity index (χ0) is 18.3. The molecule has 134 valence electrons. The highest BCUT2D eigenvalue weighted by molar-refractivity contribution is 6.05. The minimum absolute atomic E-state index is 0.00556. The molecule has 4 rings (SSSR count). The number of aromatic nitrogens is 2. The fourth-order valence-electron chi connectivity index (χ4n) is 3.61. The molecule has 1 fully saturated rings. The topological polar surface area (TPSA) is 87.7 Å². The molecule has 2 aliphatic rings. The number of carbonyl (C=O) groups is 2. The second kappa shape index (κ2) is 6.29. The van der Waals surface area contributed by atoms with Gasteiger partial charge in [0.25, 0.3) is 0 Å². The van der Waals surface area contributed by atoms with Gasteiger partial charge in [0.15, 0.2) is 11.5 Å². The van der Waals surface area contributed by atoms with E-state index in [2.05, 4.69) is 20.2 Å². The molecule has 0 aliphatic carbocycles. The van der Waals surface area contributed by atoms with Crippen molar-refractivity contribution in [3.63, 3.8) is 0 Å². The SMILES string of the molecule is COC(=O)c1cc(C)c2c(n1)N(C(=O)Nc1ccccn1)[C@H]1CCN2C1. The van der Waals surface area contributed by atoms with Crippen LogP contribution in [0.3, 0.4) is 0 Å². The zero-order valence-corrected chi connectivity index (χ0v) is 14.6. The first-order chi connectivity index (χ1) is 12.6. The Morgan fingerprint density at radius 2 is 2.19 bits per heavy atom. The summed E-state index contributed by atoms with van der Waals surface area (Å²) in [6.45, 7) is 3.52. The van der Waals surface area contributed by atoms with Gasteiger partial charge in [0.2, 0.25) is 0 Å². The third-order valence-corrected chi connectivity index (χ3v) is 4.75. The second-order valence-electron chi connectivity index (χ2n) is 6.39. The van der Waals surface area contributed by atoms with Crippen LogP contribution in [0, 0.1) is 6.92 Å². The van der Waals surface area contributed by atoms with Gasteiger partial charge in [-0.25, -0.2) is 19.6 Å². The fraction of sp³-hybridized carbons (Fsp3) is 0.333. The van der Waals surface area contributed by atoms with E-state index in [1.807, 2.05) is 13.0 Å². The van der Waals surface area contributed by atoms with Crippen LogP contribution in [-0.4, -0.2) is 48.2 Å². The van der Waals surface area contributed by atoms with Crippen molar-refractivity contribution in [2.45, 2.75) is 19.4 Å². The van der Waals surface area contributed by atoms with Gasteiger partial charge >= 0.3 is 12.0 Å². The number of pyridine rings is 2.